The smallest absolute Gasteiger partial charge is 0.0905 e. The van der Waals surface area contributed by atoms with Crippen LogP contribution in [0.5, 0.6) is 0 Å². The first-order valence-corrected chi connectivity index (χ1v) is 17.9. The van der Waals surface area contributed by atoms with Crippen LogP contribution in [0.1, 0.15) is 74.1 Å². The second-order valence-corrected chi connectivity index (χ2v) is 13.6. The van der Waals surface area contributed by atoms with Crippen LogP contribution in [0.3, 0.4) is 0 Å². The quantitative estimate of drug-likeness (QED) is 0.162. The van der Waals surface area contributed by atoms with Gasteiger partial charge >= 0.3 is 0 Å². The van der Waals surface area contributed by atoms with Crippen molar-refractivity contribution in [1.82, 2.24) is 19.6 Å². The number of hydrogen-bond acceptors (Lipinski definition) is 4. The molecule has 0 saturated heterocycles. The fraction of sp³-hybridized carbons (Fsp3) is 0.217. The van der Waals surface area contributed by atoms with Crippen molar-refractivity contribution in [3.63, 3.8) is 0 Å². The van der Waals surface area contributed by atoms with Crippen molar-refractivity contribution in [3.05, 3.63) is 193 Å². The average Bonchev–Trinajstić information content (AvgIpc) is 3.89. The highest BCUT2D eigenvalue weighted by molar-refractivity contribution is 5.87. The van der Waals surface area contributed by atoms with Gasteiger partial charge in [-0.1, -0.05) is 146 Å². The first kappa shape index (κ1) is 33.0. The molecule has 2 aliphatic rings. The molecule has 2 heterocycles. The Balaban J connectivity index is 0.000000166. The number of rotatable bonds is 8. The predicted octanol–water partition coefficient (Wildman–Crippen LogP) is 11.4. The molecule has 0 bridgehead atoms. The van der Waals surface area contributed by atoms with E-state index in [1.54, 1.807) is 0 Å². The summed E-state index contributed by atoms with van der Waals surface area (Å²) in [5.74, 6) is 0. The van der Waals surface area contributed by atoms with Gasteiger partial charge in [0.2, 0.25) is 0 Å². The van der Waals surface area contributed by atoms with Gasteiger partial charge in [0.05, 0.1) is 37.5 Å². The van der Waals surface area contributed by atoms with Gasteiger partial charge in [-0.05, 0) is 71.5 Å². The Hall–Kier alpha value is -5.48. The van der Waals surface area contributed by atoms with E-state index in [4.69, 9.17) is 0 Å². The van der Waals surface area contributed by atoms with Crippen molar-refractivity contribution in [3.8, 4) is 0 Å². The van der Waals surface area contributed by atoms with E-state index in [-0.39, 0.29) is 0 Å². The molecule has 0 amide bonds. The minimum absolute atomic E-state index is 0.321. The van der Waals surface area contributed by atoms with E-state index < -0.39 is 0 Å². The number of benzene rings is 6. The molecule has 0 saturated carbocycles. The number of fused-ring (bicyclic) bond motifs is 2. The molecule has 252 valence electrons. The lowest BCUT2D eigenvalue weighted by Crippen LogP contribution is -2.29. The van der Waals surface area contributed by atoms with Gasteiger partial charge in [-0.3, -0.25) is 0 Å². The zero-order valence-corrected chi connectivity index (χ0v) is 29.7. The van der Waals surface area contributed by atoms with Gasteiger partial charge in [0.25, 0.3) is 0 Å². The number of nitrogens with zero attached hydrogens (tertiary/aromatic N) is 4. The summed E-state index contributed by atoms with van der Waals surface area (Å²) in [6.07, 6.45) is 8.90. The third-order valence-electron chi connectivity index (χ3n) is 10.7. The van der Waals surface area contributed by atoms with Crippen LogP contribution < -0.4 is 0 Å². The zero-order chi connectivity index (χ0) is 34.5. The van der Waals surface area contributed by atoms with E-state index in [1.807, 2.05) is 0 Å². The van der Waals surface area contributed by atoms with Gasteiger partial charge in [0.15, 0.2) is 0 Å². The fourth-order valence-corrected chi connectivity index (χ4v) is 7.35. The van der Waals surface area contributed by atoms with Crippen LogP contribution in [0.2, 0.25) is 0 Å². The molecule has 2 aliphatic heterocycles. The van der Waals surface area contributed by atoms with Gasteiger partial charge in [-0.15, -0.1) is 0 Å². The van der Waals surface area contributed by atoms with Crippen LogP contribution in [0, 0.1) is 0 Å². The second kappa shape index (κ2) is 15.0. The Morgan fingerprint density at radius 3 is 1.06 bits per heavy atom. The van der Waals surface area contributed by atoms with Crippen LogP contribution in [-0.2, 0) is 0 Å². The van der Waals surface area contributed by atoms with E-state index in [0.29, 0.717) is 24.2 Å². The highest BCUT2D eigenvalue weighted by atomic mass is 15.4. The van der Waals surface area contributed by atoms with Crippen molar-refractivity contribution in [2.45, 2.75) is 51.9 Å². The Labute approximate surface area is 298 Å². The summed E-state index contributed by atoms with van der Waals surface area (Å²) in [6.45, 7) is 11.0. The van der Waals surface area contributed by atoms with Gasteiger partial charge < -0.3 is 19.6 Å². The lowest BCUT2D eigenvalue weighted by atomic mass is 9.98. The first-order chi connectivity index (χ1) is 24.5. The van der Waals surface area contributed by atoms with Crippen LogP contribution in [0.4, 0.5) is 0 Å². The van der Waals surface area contributed by atoms with Gasteiger partial charge in [0, 0.05) is 24.8 Å². The summed E-state index contributed by atoms with van der Waals surface area (Å²) in [6, 6.07) is 53.4. The second-order valence-electron chi connectivity index (χ2n) is 13.6. The summed E-state index contributed by atoms with van der Waals surface area (Å²) < 4.78 is 0. The molecule has 4 heteroatoms. The molecular formula is C46H48N4. The molecule has 4 nitrogen and oxygen atoms in total. The normalized spacial score (nSPS) is 16.4. The van der Waals surface area contributed by atoms with Crippen LogP contribution in [0.25, 0.3) is 21.5 Å². The summed E-state index contributed by atoms with van der Waals surface area (Å²) >= 11 is 0. The summed E-state index contributed by atoms with van der Waals surface area (Å²) in [7, 11) is 0. The SMILES string of the molecule is C[C@H](c1cccc2ccccc12)N1C=CN([C@H](C)c2cccc3ccccc23)C1.C[C@H](c1ccccc1)N1C=CN([C@H](C)c2ccccc2)C1. The van der Waals surface area contributed by atoms with Crippen LogP contribution in [0.15, 0.2) is 170 Å². The van der Waals surface area contributed by atoms with Crippen LogP contribution in [-0.4, -0.2) is 32.9 Å². The zero-order valence-electron chi connectivity index (χ0n) is 29.7. The Morgan fingerprint density at radius 2 is 0.660 bits per heavy atom. The van der Waals surface area contributed by atoms with Crippen LogP contribution >= 0.6 is 0 Å². The molecule has 8 rings (SSSR count). The Bertz CT molecular complexity index is 1910. The highest BCUT2D eigenvalue weighted by Crippen LogP contribution is 2.35. The molecule has 0 aromatic heterocycles. The molecule has 0 radical (unpaired) electrons. The van der Waals surface area contributed by atoms with E-state index in [1.165, 1.54) is 43.8 Å². The molecule has 50 heavy (non-hydrogen) atoms. The largest absolute Gasteiger partial charge is 0.352 e. The molecule has 6 aromatic carbocycles. The molecule has 4 atom stereocenters. The van der Waals surface area contributed by atoms with Crippen molar-refractivity contribution in [2.24, 2.45) is 0 Å². The molecule has 0 fully saturated rings. The predicted molar refractivity (Wildman–Crippen MR) is 210 cm³/mol. The topological polar surface area (TPSA) is 13.0 Å². The van der Waals surface area contributed by atoms with Crippen molar-refractivity contribution >= 4 is 21.5 Å². The van der Waals surface area contributed by atoms with Crippen molar-refractivity contribution in [2.75, 3.05) is 13.3 Å². The molecule has 0 aliphatic carbocycles. The molecule has 6 aromatic rings. The summed E-state index contributed by atoms with van der Waals surface area (Å²) in [4.78, 5) is 9.64. The van der Waals surface area contributed by atoms with E-state index in [2.05, 4.69) is 218 Å². The van der Waals surface area contributed by atoms with Gasteiger partial charge in [-0.25, -0.2) is 0 Å². The van der Waals surface area contributed by atoms with E-state index in [0.717, 1.165) is 13.3 Å². The van der Waals surface area contributed by atoms with Gasteiger partial charge in [0.1, 0.15) is 0 Å². The summed E-state index contributed by atoms with van der Waals surface area (Å²) in [5.41, 5.74) is 5.48. The Morgan fingerprint density at radius 1 is 0.340 bits per heavy atom. The average molecular weight is 657 g/mol. The molecular weight excluding hydrogens is 609 g/mol. The minimum atomic E-state index is 0.321. The highest BCUT2D eigenvalue weighted by Gasteiger charge is 2.25. The fourth-order valence-electron chi connectivity index (χ4n) is 7.35. The lowest BCUT2D eigenvalue weighted by molar-refractivity contribution is 0.191. The third kappa shape index (κ3) is 6.97. The van der Waals surface area contributed by atoms with Crippen molar-refractivity contribution in [1.29, 1.82) is 0 Å². The molecule has 0 spiro atoms. The first-order valence-electron chi connectivity index (χ1n) is 17.9. The third-order valence-corrected chi connectivity index (χ3v) is 10.7. The van der Waals surface area contributed by atoms with Crippen molar-refractivity contribution < 1.29 is 0 Å². The molecule has 0 N–H and O–H groups in total. The molecule has 0 unspecified atom stereocenters. The van der Waals surface area contributed by atoms with E-state index in [9.17, 15) is 0 Å². The standard InChI is InChI=1S/C27H26N2.C19H22N2/c1-20(24-15-7-11-22-9-3-5-13-26(22)24)28-17-18-29(19-28)21(2)25-16-8-12-23-10-4-6-14-27(23)25;1-16(18-9-5-3-6-10-18)20-13-14-21(15-20)17(2)19-11-7-4-8-12-19/h3-18,20-21H,19H2,1-2H3;3-14,16-17H,15H2,1-2H3/t20-,21-;16-,17-/m11/s1. The maximum absolute atomic E-state index is 2.43. The maximum Gasteiger partial charge on any atom is 0.0905 e. The number of hydrogen-bond donors (Lipinski definition) is 0. The monoisotopic (exact) mass is 656 g/mol. The maximum atomic E-state index is 2.43. The lowest BCUT2D eigenvalue weighted by Gasteiger charge is -2.31. The Kier molecular flexibility index (Phi) is 9.89. The summed E-state index contributed by atoms with van der Waals surface area (Å²) in [5, 5.41) is 5.30. The van der Waals surface area contributed by atoms with E-state index >= 15 is 0 Å². The van der Waals surface area contributed by atoms with Gasteiger partial charge in [-0.2, -0.15) is 0 Å². The minimum Gasteiger partial charge on any atom is -0.352 e.